The minimum absolute atomic E-state index is 0.129. The second-order valence-corrected chi connectivity index (χ2v) is 7.28. The fraction of sp³-hybridized carbons (Fsp3) is 0.545. The maximum atomic E-state index is 14.9. The molecule has 2 atom stereocenters. The van der Waals surface area contributed by atoms with Gasteiger partial charge in [-0.3, -0.25) is 0 Å². The minimum atomic E-state index is -3.25. The van der Waals surface area contributed by atoms with Gasteiger partial charge in [-0.1, -0.05) is 18.5 Å². The Kier molecular flexibility index (Phi) is 3.36. The third-order valence-electron chi connectivity index (χ3n) is 3.32. The van der Waals surface area contributed by atoms with Gasteiger partial charge in [0.15, 0.2) is 9.84 Å². The number of nitrogens with zero attached hydrogens (tertiary/aromatic N) is 1. The van der Waals surface area contributed by atoms with Crippen molar-refractivity contribution in [1.29, 1.82) is 0 Å². The average molecular weight is 296 g/mol. The predicted octanol–water partition coefficient (Wildman–Crippen LogP) is 2.49. The van der Waals surface area contributed by atoms with Gasteiger partial charge >= 0.3 is 0 Å². The standard InChI is InChI=1S/C11H12ClF2NO2S/c1-7-6-18(16,17)3-2-11(7,14)9-4-8(12)5-15-10(9)13/h4-5,7H,2-3,6H2,1H3/t7-,11+/m1/s1. The van der Waals surface area contributed by atoms with Gasteiger partial charge in [0.2, 0.25) is 5.95 Å². The summed E-state index contributed by atoms with van der Waals surface area (Å²) in [4.78, 5) is 3.38. The first-order valence-electron chi connectivity index (χ1n) is 5.45. The number of rotatable bonds is 1. The fourth-order valence-corrected chi connectivity index (χ4v) is 4.22. The number of pyridine rings is 1. The van der Waals surface area contributed by atoms with E-state index in [4.69, 9.17) is 11.6 Å². The van der Waals surface area contributed by atoms with E-state index in [2.05, 4.69) is 4.98 Å². The third kappa shape index (κ3) is 2.36. The van der Waals surface area contributed by atoms with Crippen LogP contribution in [0.3, 0.4) is 0 Å². The largest absolute Gasteiger partial charge is 0.238 e. The molecule has 3 nitrogen and oxygen atoms in total. The lowest BCUT2D eigenvalue weighted by atomic mass is 9.83. The van der Waals surface area contributed by atoms with E-state index in [9.17, 15) is 17.2 Å². The molecular weight excluding hydrogens is 284 g/mol. The van der Waals surface area contributed by atoms with Gasteiger partial charge in [-0.05, 0) is 12.5 Å². The molecule has 1 saturated heterocycles. The summed E-state index contributed by atoms with van der Waals surface area (Å²) in [5.41, 5.74) is -2.29. The first-order valence-corrected chi connectivity index (χ1v) is 7.65. The molecule has 1 fully saturated rings. The summed E-state index contributed by atoms with van der Waals surface area (Å²) in [7, 11) is -3.25. The second-order valence-electron chi connectivity index (χ2n) is 4.62. The van der Waals surface area contributed by atoms with Crippen LogP contribution in [0.2, 0.25) is 5.02 Å². The zero-order valence-electron chi connectivity index (χ0n) is 9.66. The van der Waals surface area contributed by atoms with Crippen LogP contribution in [-0.2, 0) is 15.5 Å². The molecule has 0 N–H and O–H groups in total. The normalized spacial score (nSPS) is 31.2. The molecule has 18 heavy (non-hydrogen) atoms. The molecule has 0 aliphatic carbocycles. The SMILES string of the molecule is C[C@@H]1CS(=O)(=O)CC[C@@]1(F)c1cc(Cl)cnc1F. The Morgan fingerprint density at radius 3 is 2.83 bits per heavy atom. The van der Waals surface area contributed by atoms with Gasteiger partial charge in [-0.2, -0.15) is 4.39 Å². The highest BCUT2D eigenvalue weighted by molar-refractivity contribution is 7.91. The summed E-state index contributed by atoms with van der Waals surface area (Å²) in [5.74, 6) is -2.35. The summed E-state index contributed by atoms with van der Waals surface area (Å²) in [6.45, 7) is 1.46. The Hall–Kier alpha value is -0.750. The zero-order valence-corrected chi connectivity index (χ0v) is 11.2. The van der Waals surface area contributed by atoms with E-state index in [-0.39, 0.29) is 28.5 Å². The van der Waals surface area contributed by atoms with Crippen molar-refractivity contribution in [2.45, 2.75) is 19.0 Å². The molecule has 1 aromatic rings. The first kappa shape index (κ1) is 13.7. The van der Waals surface area contributed by atoms with Crippen LogP contribution in [0.25, 0.3) is 0 Å². The molecule has 0 spiro atoms. The van der Waals surface area contributed by atoms with Crippen molar-refractivity contribution in [3.63, 3.8) is 0 Å². The first-order chi connectivity index (χ1) is 8.24. The van der Waals surface area contributed by atoms with Crippen molar-refractivity contribution in [2.24, 2.45) is 5.92 Å². The van der Waals surface area contributed by atoms with E-state index in [1.165, 1.54) is 13.0 Å². The molecule has 0 radical (unpaired) electrons. The van der Waals surface area contributed by atoms with Crippen LogP contribution in [0.1, 0.15) is 18.9 Å². The lowest BCUT2D eigenvalue weighted by molar-refractivity contribution is 0.0842. The Labute approximate surface area is 109 Å². The topological polar surface area (TPSA) is 47.0 Å². The Bertz CT molecular complexity index is 578. The van der Waals surface area contributed by atoms with E-state index in [0.29, 0.717) is 0 Å². The summed E-state index contributed by atoms with van der Waals surface area (Å²) < 4.78 is 51.3. The average Bonchev–Trinajstić information content (AvgIpc) is 2.27. The third-order valence-corrected chi connectivity index (χ3v) is 5.36. The molecule has 1 aliphatic rings. The highest BCUT2D eigenvalue weighted by atomic mass is 35.5. The number of hydrogen-bond donors (Lipinski definition) is 0. The molecule has 0 amide bonds. The lowest BCUT2D eigenvalue weighted by Gasteiger charge is -2.35. The van der Waals surface area contributed by atoms with Crippen molar-refractivity contribution >= 4 is 21.4 Å². The molecule has 1 aromatic heterocycles. The highest BCUT2D eigenvalue weighted by Crippen LogP contribution is 2.43. The van der Waals surface area contributed by atoms with Gasteiger partial charge in [0.25, 0.3) is 0 Å². The number of alkyl halides is 1. The molecule has 0 saturated carbocycles. The molecule has 1 aliphatic heterocycles. The van der Waals surface area contributed by atoms with Gasteiger partial charge in [0.1, 0.15) is 5.67 Å². The number of halogens is 3. The van der Waals surface area contributed by atoms with E-state index >= 15 is 0 Å². The second kappa shape index (κ2) is 4.42. The van der Waals surface area contributed by atoms with E-state index in [1.807, 2.05) is 0 Å². The summed E-state index contributed by atoms with van der Waals surface area (Å²) in [6.07, 6.45) is 0.823. The quantitative estimate of drug-likeness (QED) is 0.748. The van der Waals surface area contributed by atoms with Crippen LogP contribution >= 0.6 is 11.6 Å². The summed E-state index contributed by atoms with van der Waals surface area (Å²) in [6, 6.07) is 1.18. The molecule has 0 aromatic carbocycles. The van der Waals surface area contributed by atoms with E-state index in [1.54, 1.807) is 0 Å². The van der Waals surface area contributed by atoms with Gasteiger partial charge in [-0.15, -0.1) is 0 Å². The number of hydrogen-bond acceptors (Lipinski definition) is 3. The highest BCUT2D eigenvalue weighted by Gasteiger charge is 2.46. The van der Waals surface area contributed by atoms with Crippen LogP contribution < -0.4 is 0 Å². The van der Waals surface area contributed by atoms with E-state index in [0.717, 1.165) is 6.20 Å². The van der Waals surface area contributed by atoms with Gasteiger partial charge in [0.05, 0.1) is 16.5 Å². The Morgan fingerprint density at radius 2 is 2.22 bits per heavy atom. The monoisotopic (exact) mass is 295 g/mol. The maximum Gasteiger partial charge on any atom is 0.219 e. The predicted molar refractivity (Wildman–Crippen MR) is 64.4 cm³/mol. The molecular formula is C11H12ClF2NO2S. The number of sulfone groups is 1. The molecule has 0 bridgehead atoms. The smallest absolute Gasteiger partial charge is 0.219 e. The van der Waals surface area contributed by atoms with E-state index < -0.39 is 27.4 Å². The van der Waals surface area contributed by atoms with Gasteiger partial charge in [0, 0.05) is 17.7 Å². The van der Waals surface area contributed by atoms with Crippen molar-refractivity contribution in [3.05, 3.63) is 28.8 Å². The van der Waals surface area contributed by atoms with Crippen LogP contribution in [0.4, 0.5) is 8.78 Å². The number of aromatic nitrogens is 1. The molecule has 2 rings (SSSR count). The lowest BCUT2D eigenvalue weighted by Crippen LogP contribution is -2.41. The van der Waals surface area contributed by atoms with Crippen LogP contribution in [0.15, 0.2) is 12.3 Å². The van der Waals surface area contributed by atoms with Crippen molar-refractivity contribution in [3.8, 4) is 0 Å². The van der Waals surface area contributed by atoms with Crippen LogP contribution in [0.5, 0.6) is 0 Å². The molecule has 0 unspecified atom stereocenters. The van der Waals surface area contributed by atoms with Crippen molar-refractivity contribution in [2.75, 3.05) is 11.5 Å². The van der Waals surface area contributed by atoms with Crippen molar-refractivity contribution in [1.82, 2.24) is 4.98 Å². The minimum Gasteiger partial charge on any atom is -0.238 e. The van der Waals surface area contributed by atoms with Gasteiger partial charge < -0.3 is 0 Å². The molecule has 2 heterocycles. The summed E-state index contributed by atoms with van der Waals surface area (Å²) >= 11 is 5.69. The molecule has 100 valence electrons. The zero-order chi connectivity index (χ0) is 13.6. The van der Waals surface area contributed by atoms with Crippen molar-refractivity contribution < 1.29 is 17.2 Å². The Balaban J connectivity index is 2.46. The Morgan fingerprint density at radius 1 is 1.56 bits per heavy atom. The van der Waals surface area contributed by atoms with Gasteiger partial charge in [-0.25, -0.2) is 17.8 Å². The maximum absolute atomic E-state index is 14.9. The van der Waals surface area contributed by atoms with Crippen LogP contribution in [-0.4, -0.2) is 24.9 Å². The van der Waals surface area contributed by atoms with Crippen LogP contribution in [0, 0.1) is 11.9 Å². The molecule has 7 heteroatoms. The summed E-state index contributed by atoms with van der Waals surface area (Å²) in [5, 5.41) is 0.129. The fourth-order valence-electron chi connectivity index (χ4n) is 2.26.